The lowest BCUT2D eigenvalue weighted by Gasteiger charge is -2.21. The zero-order valence-electron chi connectivity index (χ0n) is 13.8. The summed E-state index contributed by atoms with van der Waals surface area (Å²) in [5.41, 5.74) is 2.78. The summed E-state index contributed by atoms with van der Waals surface area (Å²) in [4.78, 5) is 29.5. The lowest BCUT2D eigenvalue weighted by Crippen LogP contribution is -2.33. The summed E-state index contributed by atoms with van der Waals surface area (Å²) < 4.78 is 0.990. The minimum Gasteiger partial charge on any atom is -0.352 e. The summed E-state index contributed by atoms with van der Waals surface area (Å²) in [5.74, 6) is -0.185. The van der Waals surface area contributed by atoms with E-state index in [1.54, 1.807) is 17.3 Å². The van der Waals surface area contributed by atoms with Gasteiger partial charge in [0.25, 0.3) is 0 Å². The monoisotopic (exact) mass is 389 g/mol. The van der Waals surface area contributed by atoms with Crippen LogP contribution in [0.15, 0.2) is 47.2 Å². The molecule has 0 fully saturated rings. The molecule has 0 bridgehead atoms. The van der Waals surface area contributed by atoms with Gasteiger partial charge in [-0.1, -0.05) is 22.0 Å². The second kappa shape index (κ2) is 8.59. The standard InChI is InChI=1S/C18H20BrN3O2/c1-13-10-16(5-6-17(13)19)22(14(2)23)9-7-18(24)21-12-15-4-3-8-20-11-15/h3-6,8,10-11H,7,9,12H2,1-2H3,(H,21,24). The number of aromatic nitrogens is 1. The van der Waals surface area contributed by atoms with Crippen LogP contribution in [0.25, 0.3) is 0 Å². The first-order chi connectivity index (χ1) is 11.5. The molecular formula is C18H20BrN3O2. The number of hydrogen-bond acceptors (Lipinski definition) is 3. The predicted molar refractivity (Wildman–Crippen MR) is 97.6 cm³/mol. The Morgan fingerprint density at radius 3 is 2.71 bits per heavy atom. The van der Waals surface area contributed by atoms with Crippen LogP contribution < -0.4 is 10.2 Å². The van der Waals surface area contributed by atoms with Gasteiger partial charge in [0.05, 0.1) is 0 Å². The molecule has 2 rings (SSSR count). The number of carbonyl (C=O) groups excluding carboxylic acids is 2. The molecule has 0 saturated carbocycles. The molecule has 0 radical (unpaired) electrons. The van der Waals surface area contributed by atoms with Gasteiger partial charge in [-0.25, -0.2) is 0 Å². The molecule has 2 aromatic rings. The van der Waals surface area contributed by atoms with Crippen LogP contribution in [0, 0.1) is 6.92 Å². The maximum atomic E-state index is 12.0. The highest BCUT2D eigenvalue weighted by Gasteiger charge is 2.14. The second-order valence-electron chi connectivity index (χ2n) is 5.49. The molecule has 126 valence electrons. The maximum Gasteiger partial charge on any atom is 0.223 e. The fraction of sp³-hybridized carbons (Fsp3) is 0.278. The number of hydrogen-bond donors (Lipinski definition) is 1. The van der Waals surface area contributed by atoms with Crippen LogP contribution in [0.5, 0.6) is 0 Å². The molecule has 2 amide bonds. The molecule has 1 heterocycles. The van der Waals surface area contributed by atoms with Crippen molar-refractivity contribution in [1.82, 2.24) is 10.3 Å². The molecule has 5 nitrogen and oxygen atoms in total. The zero-order chi connectivity index (χ0) is 17.5. The third kappa shape index (κ3) is 5.16. The van der Waals surface area contributed by atoms with Crippen LogP contribution in [0.2, 0.25) is 0 Å². The Kier molecular flexibility index (Phi) is 6.49. The molecule has 0 unspecified atom stereocenters. The van der Waals surface area contributed by atoms with Crippen molar-refractivity contribution < 1.29 is 9.59 Å². The van der Waals surface area contributed by atoms with E-state index < -0.39 is 0 Å². The number of nitrogens with zero attached hydrogens (tertiary/aromatic N) is 2. The van der Waals surface area contributed by atoms with Gasteiger partial charge < -0.3 is 10.2 Å². The number of amides is 2. The molecule has 6 heteroatoms. The minimum atomic E-state index is -0.0982. The van der Waals surface area contributed by atoms with Crippen molar-refractivity contribution in [3.63, 3.8) is 0 Å². The van der Waals surface area contributed by atoms with Gasteiger partial charge in [0.2, 0.25) is 11.8 Å². The van der Waals surface area contributed by atoms with E-state index in [0.29, 0.717) is 13.1 Å². The first kappa shape index (κ1) is 18.1. The Bertz CT molecular complexity index is 719. The van der Waals surface area contributed by atoms with E-state index in [2.05, 4.69) is 26.2 Å². The third-order valence-corrected chi connectivity index (χ3v) is 4.50. The molecule has 1 aromatic heterocycles. The molecular weight excluding hydrogens is 370 g/mol. The van der Waals surface area contributed by atoms with Gasteiger partial charge in [0.15, 0.2) is 0 Å². The van der Waals surface area contributed by atoms with Gasteiger partial charge in [0, 0.05) is 49.0 Å². The fourth-order valence-corrected chi connectivity index (χ4v) is 2.52. The molecule has 0 aliphatic carbocycles. The van der Waals surface area contributed by atoms with E-state index in [9.17, 15) is 9.59 Å². The number of benzene rings is 1. The van der Waals surface area contributed by atoms with Crippen LogP contribution in [0.3, 0.4) is 0 Å². The predicted octanol–water partition coefficient (Wildman–Crippen LogP) is 3.21. The Balaban J connectivity index is 1.92. The van der Waals surface area contributed by atoms with Gasteiger partial charge >= 0.3 is 0 Å². The van der Waals surface area contributed by atoms with Crippen LogP contribution in [0.4, 0.5) is 5.69 Å². The molecule has 0 saturated heterocycles. The van der Waals surface area contributed by atoms with Crippen molar-refractivity contribution in [3.05, 3.63) is 58.3 Å². The molecule has 0 aliphatic rings. The van der Waals surface area contributed by atoms with Crippen molar-refractivity contribution >= 4 is 33.4 Å². The number of halogens is 1. The first-order valence-electron chi connectivity index (χ1n) is 7.67. The summed E-state index contributed by atoms with van der Waals surface area (Å²) in [6.45, 7) is 4.25. The number of anilines is 1. The number of nitrogens with one attached hydrogen (secondary N) is 1. The second-order valence-corrected chi connectivity index (χ2v) is 6.35. The summed E-state index contributed by atoms with van der Waals surface area (Å²) in [6, 6.07) is 9.43. The lowest BCUT2D eigenvalue weighted by molar-refractivity contribution is -0.121. The molecule has 0 spiro atoms. The van der Waals surface area contributed by atoms with Gasteiger partial charge in [-0.3, -0.25) is 14.6 Å². The zero-order valence-corrected chi connectivity index (χ0v) is 15.3. The smallest absolute Gasteiger partial charge is 0.223 e. The Labute approximate surface area is 150 Å². The largest absolute Gasteiger partial charge is 0.352 e. The quantitative estimate of drug-likeness (QED) is 0.824. The third-order valence-electron chi connectivity index (χ3n) is 3.61. The van der Waals surface area contributed by atoms with Gasteiger partial charge in [0.1, 0.15) is 0 Å². The van der Waals surface area contributed by atoms with Crippen molar-refractivity contribution in [1.29, 1.82) is 0 Å². The number of pyridine rings is 1. The number of aryl methyl sites for hydroxylation is 1. The average molecular weight is 390 g/mol. The minimum absolute atomic E-state index is 0.0863. The van der Waals surface area contributed by atoms with Crippen molar-refractivity contribution in [2.75, 3.05) is 11.4 Å². The fourth-order valence-electron chi connectivity index (χ4n) is 2.27. The summed E-state index contributed by atoms with van der Waals surface area (Å²) in [5, 5.41) is 2.84. The highest BCUT2D eigenvalue weighted by molar-refractivity contribution is 9.10. The summed E-state index contributed by atoms with van der Waals surface area (Å²) in [7, 11) is 0. The van der Waals surface area contributed by atoms with Crippen molar-refractivity contribution in [2.45, 2.75) is 26.8 Å². The Morgan fingerprint density at radius 2 is 2.08 bits per heavy atom. The normalized spacial score (nSPS) is 10.3. The molecule has 1 N–H and O–H groups in total. The highest BCUT2D eigenvalue weighted by Crippen LogP contribution is 2.23. The summed E-state index contributed by atoms with van der Waals surface area (Å²) in [6.07, 6.45) is 3.65. The van der Waals surface area contributed by atoms with Gasteiger partial charge in [-0.15, -0.1) is 0 Å². The van der Waals surface area contributed by atoms with E-state index in [0.717, 1.165) is 21.3 Å². The molecule has 0 atom stereocenters. The van der Waals surface area contributed by atoms with Crippen LogP contribution in [0.1, 0.15) is 24.5 Å². The van der Waals surface area contributed by atoms with E-state index in [1.807, 2.05) is 37.3 Å². The van der Waals surface area contributed by atoms with Crippen LogP contribution in [-0.4, -0.2) is 23.3 Å². The van der Waals surface area contributed by atoms with E-state index in [4.69, 9.17) is 0 Å². The molecule has 0 aliphatic heterocycles. The highest BCUT2D eigenvalue weighted by atomic mass is 79.9. The Hall–Kier alpha value is -2.21. The lowest BCUT2D eigenvalue weighted by atomic mass is 10.2. The van der Waals surface area contributed by atoms with Crippen molar-refractivity contribution in [3.8, 4) is 0 Å². The van der Waals surface area contributed by atoms with Gasteiger partial charge in [-0.05, 0) is 42.3 Å². The van der Waals surface area contributed by atoms with Crippen LogP contribution >= 0.6 is 15.9 Å². The molecule has 1 aromatic carbocycles. The Morgan fingerprint density at radius 1 is 1.29 bits per heavy atom. The van der Waals surface area contributed by atoms with Crippen molar-refractivity contribution in [2.24, 2.45) is 0 Å². The number of carbonyl (C=O) groups is 2. The molecule has 24 heavy (non-hydrogen) atoms. The summed E-state index contributed by atoms with van der Waals surface area (Å²) >= 11 is 3.45. The number of rotatable bonds is 6. The SMILES string of the molecule is CC(=O)N(CCC(=O)NCc1cccnc1)c1ccc(Br)c(C)c1. The van der Waals surface area contributed by atoms with Crippen LogP contribution in [-0.2, 0) is 16.1 Å². The van der Waals surface area contributed by atoms with E-state index >= 15 is 0 Å². The first-order valence-corrected chi connectivity index (χ1v) is 8.46. The maximum absolute atomic E-state index is 12.0. The van der Waals surface area contributed by atoms with E-state index in [-0.39, 0.29) is 18.2 Å². The van der Waals surface area contributed by atoms with E-state index in [1.165, 1.54) is 6.92 Å². The average Bonchev–Trinajstić information content (AvgIpc) is 2.57. The van der Waals surface area contributed by atoms with Gasteiger partial charge in [-0.2, -0.15) is 0 Å². The topological polar surface area (TPSA) is 62.3 Å².